The van der Waals surface area contributed by atoms with Gasteiger partial charge in [0.2, 0.25) is 0 Å². The zero-order valence-electron chi connectivity index (χ0n) is 4.13. The van der Waals surface area contributed by atoms with Gasteiger partial charge >= 0.3 is 0 Å². The Hall–Kier alpha value is -0.540. The molecular weight excluding hydrogens is 126 g/mol. The Morgan fingerprint density at radius 1 is 1.75 bits per heavy atom. The van der Waals surface area contributed by atoms with Gasteiger partial charge < -0.3 is 5.32 Å². The van der Waals surface area contributed by atoms with Crippen LogP contribution in [0.2, 0.25) is 0 Å². The largest absolute Gasteiger partial charge is 0.355 e. The van der Waals surface area contributed by atoms with Crippen LogP contribution in [0.5, 0.6) is 0 Å². The van der Waals surface area contributed by atoms with Gasteiger partial charge in [-0.25, -0.2) is 0 Å². The summed E-state index contributed by atoms with van der Waals surface area (Å²) in [5, 5.41) is 1.69. The minimum atomic E-state index is -0.977. The summed E-state index contributed by atoms with van der Waals surface area (Å²) in [4.78, 5) is 3.70. The lowest BCUT2D eigenvalue weighted by Gasteiger charge is -2.18. The number of nitrogens with zero attached hydrogens (tertiary/aromatic N) is 1. The van der Waals surface area contributed by atoms with E-state index in [0.29, 0.717) is 0 Å². The molecule has 1 aliphatic rings. The SMILES string of the molecule is NC1(Cl)C=NC=CN1. The highest BCUT2D eigenvalue weighted by atomic mass is 35.5. The number of hydrogen-bond acceptors (Lipinski definition) is 3. The van der Waals surface area contributed by atoms with Gasteiger partial charge in [-0.2, -0.15) is 0 Å². The van der Waals surface area contributed by atoms with Crippen molar-refractivity contribution in [2.45, 2.75) is 5.12 Å². The monoisotopic (exact) mass is 131 g/mol. The maximum absolute atomic E-state index is 5.54. The van der Waals surface area contributed by atoms with Crippen molar-refractivity contribution in [2.75, 3.05) is 0 Å². The van der Waals surface area contributed by atoms with Gasteiger partial charge in [0, 0.05) is 12.4 Å². The van der Waals surface area contributed by atoms with E-state index in [-0.39, 0.29) is 0 Å². The molecule has 0 saturated heterocycles. The Morgan fingerprint density at radius 3 is 2.75 bits per heavy atom. The van der Waals surface area contributed by atoms with E-state index in [2.05, 4.69) is 10.3 Å². The predicted octanol–water partition coefficient (Wildman–Crippen LogP) is -0.0171. The van der Waals surface area contributed by atoms with Crippen LogP contribution in [-0.4, -0.2) is 11.3 Å². The first-order chi connectivity index (χ1) is 3.71. The van der Waals surface area contributed by atoms with Crippen LogP contribution >= 0.6 is 11.6 Å². The molecule has 0 saturated carbocycles. The van der Waals surface area contributed by atoms with Crippen molar-refractivity contribution < 1.29 is 0 Å². The molecule has 1 rings (SSSR count). The molecule has 4 heteroatoms. The van der Waals surface area contributed by atoms with Gasteiger partial charge in [-0.1, -0.05) is 11.6 Å². The van der Waals surface area contributed by atoms with Crippen molar-refractivity contribution in [1.82, 2.24) is 5.32 Å². The van der Waals surface area contributed by atoms with Crippen LogP contribution in [0.3, 0.4) is 0 Å². The number of halogens is 1. The molecule has 1 unspecified atom stereocenters. The van der Waals surface area contributed by atoms with E-state index in [0.717, 1.165) is 0 Å². The summed E-state index contributed by atoms with van der Waals surface area (Å²) in [5.41, 5.74) is 5.33. The molecule has 0 spiro atoms. The Morgan fingerprint density at radius 2 is 2.50 bits per heavy atom. The van der Waals surface area contributed by atoms with Crippen LogP contribution in [0, 0.1) is 0 Å². The maximum Gasteiger partial charge on any atom is 0.200 e. The van der Waals surface area contributed by atoms with Gasteiger partial charge in [0.25, 0.3) is 0 Å². The molecule has 0 aromatic rings. The van der Waals surface area contributed by atoms with E-state index in [4.69, 9.17) is 17.3 Å². The van der Waals surface area contributed by atoms with Gasteiger partial charge in [-0.15, -0.1) is 0 Å². The molecule has 0 aliphatic carbocycles. The molecule has 0 fully saturated rings. The second-order valence-corrected chi connectivity index (χ2v) is 2.13. The van der Waals surface area contributed by atoms with Gasteiger partial charge in [-0.3, -0.25) is 10.7 Å². The minimum absolute atomic E-state index is 0.977. The third-order valence-electron chi connectivity index (χ3n) is 0.728. The summed E-state index contributed by atoms with van der Waals surface area (Å²) >= 11 is 5.54. The van der Waals surface area contributed by atoms with Crippen LogP contribution in [0.25, 0.3) is 0 Å². The molecule has 1 atom stereocenters. The number of nitrogens with two attached hydrogens (primary N) is 1. The van der Waals surface area contributed by atoms with Crippen molar-refractivity contribution in [1.29, 1.82) is 0 Å². The van der Waals surface area contributed by atoms with Crippen molar-refractivity contribution in [3.05, 3.63) is 12.4 Å². The fourth-order valence-corrected chi connectivity index (χ4v) is 0.516. The Labute approximate surface area is 52.2 Å². The van der Waals surface area contributed by atoms with E-state index in [1.54, 1.807) is 12.4 Å². The Bertz CT molecular complexity index is 138. The topological polar surface area (TPSA) is 50.4 Å². The maximum atomic E-state index is 5.54. The summed E-state index contributed by atoms with van der Waals surface area (Å²) in [6.07, 6.45) is 4.59. The van der Waals surface area contributed by atoms with Crippen molar-refractivity contribution in [3.8, 4) is 0 Å². The first-order valence-corrected chi connectivity index (χ1v) is 2.53. The Kier molecular flexibility index (Phi) is 1.23. The van der Waals surface area contributed by atoms with Crippen molar-refractivity contribution in [2.24, 2.45) is 10.7 Å². The fourth-order valence-electron chi connectivity index (χ4n) is 0.397. The highest BCUT2D eigenvalue weighted by Gasteiger charge is 2.16. The molecule has 0 bridgehead atoms. The van der Waals surface area contributed by atoms with Gasteiger partial charge in [0.05, 0.1) is 6.21 Å². The normalized spacial score (nSPS) is 34.8. The van der Waals surface area contributed by atoms with Crippen LogP contribution in [0.1, 0.15) is 0 Å². The fraction of sp³-hybridized carbons (Fsp3) is 0.250. The second-order valence-electron chi connectivity index (χ2n) is 1.51. The van der Waals surface area contributed by atoms with Crippen LogP contribution < -0.4 is 11.1 Å². The molecule has 3 N–H and O–H groups in total. The highest BCUT2D eigenvalue weighted by molar-refractivity contribution is 6.31. The molecule has 0 aromatic heterocycles. The molecular formula is C4H6ClN3. The number of hydrogen-bond donors (Lipinski definition) is 2. The van der Waals surface area contributed by atoms with Crippen molar-refractivity contribution >= 4 is 17.8 Å². The molecule has 0 aromatic carbocycles. The first kappa shape index (κ1) is 5.59. The summed E-state index contributed by atoms with van der Waals surface area (Å²) in [5.74, 6) is 0. The van der Waals surface area contributed by atoms with E-state index >= 15 is 0 Å². The number of rotatable bonds is 0. The van der Waals surface area contributed by atoms with E-state index in [1.165, 1.54) is 6.21 Å². The summed E-state index contributed by atoms with van der Waals surface area (Å²) in [7, 11) is 0. The van der Waals surface area contributed by atoms with E-state index < -0.39 is 5.12 Å². The molecule has 3 nitrogen and oxygen atoms in total. The average molecular weight is 132 g/mol. The smallest absolute Gasteiger partial charge is 0.200 e. The quantitative estimate of drug-likeness (QED) is 0.359. The van der Waals surface area contributed by atoms with Gasteiger partial charge in [0.1, 0.15) is 0 Å². The standard InChI is InChI=1S/C4H6ClN3/c5-4(6)3-7-1-2-8-4/h1-3,8H,6H2. The number of aliphatic imine (C=N–C) groups is 1. The molecule has 0 amide bonds. The summed E-state index contributed by atoms with van der Waals surface area (Å²) in [6, 6.07) is 0. The van der Waals surface area contributed by atoms with Crippen molar-refractivity contribution in [3.63, 3.8) is 0 Å². The van der Waals surface area contributed by atoms with E-state index in [9.17, 15) is 0 Å². The number of nitrogens with one attached hydrogen (secondary N) is 1. The molecule has 0 radical (unpaired) electrons. The lowest BCUT2D eigenvalue weighted by atomic mass is 10.5. The lowest BCUT2D eigenvalue weighted by molar-refractivity contribution is 0.701. The predicted molar refractivity (Wildman–Crippen MR) is 33.5 cm³/mol. The summed E-state index contributed by atoms with van der Waals surface area (Å²) in [6.45, 7) is 0. The third kappa shape index (κ3) is 1.21. The first-order valence-electron chi connectivity index (χ1n) is 2.15. The van der Waals surface area contributed by atoms with Crippen LogP contribution in [-0.2, 0) is 0 Å². The van der Waals surface area contributed by atoms with E-state index in [1.807, 2.05) is 0 Å². The molecule has 44 valence electrons. The third-order valence-corrected chi connectivity index (χ3v) is 0.934. The summed E-state index contributed by atoms with van der Waals surface area (Å²) < 4.78 is 0. The number of alkyl halides is 1. The van der Waals surface area contributed by atoms with Crippen LogP contribution in [0.4, 0.5) is 0 Å². The zero-order valence-corrected chi connectivity index (χ0v) is 4.89. The molecule has 1 aliphatic heterocycles. The Balaban J connectivity index is 2.65. The lowest BCUT2D eigenvalue weighted by Crippen LogP contribution is -2.48. The second kappa shape index (κ2) is 1.76. The average Bonchev–Trinajstić information content (AvgIpc) is 1.65. The molecule has 1 heterocycles. The zero-order chi connectivity index (χ0) is 6.04. The minimum Gasteiger partial charge on any atom is -0.355 e. The highest BCUT2D eigenvalue weighted by Crippen LogP contribution is 2.01. The van der Waals surface area contributed by atoms with Gasteiger partial charge in [0.15, 0.2) is 5.12 Å². The molecule has 8 heavy (non-hydrogen) atoms. The van der Waals surface area contributed by atoms with Crippen LogP contribution in [0.15, 0.2) is 17.4 Å². The van der Waals surface area contributed by atoms with Gasteiger partial charge in [-0.05, 0) is 0 Å².